The van der Waals surface area contributed by atoms with Gasteiger partial charge in [0.1, 0.15) is 0 Å². The summed E-state index contributed by atoms with van der Waals surface area (Å²) in [5, 5.41) is 10.1. The van der Waals surface area contributed by atoms with Crippen LogP contribution in [0.2, 0.25) is 0 Å². The minimum atomic E-state index is -0.387. The van der Waals surface area contributed by atoms with Gasteiger partial charge in [0, 0.05) is 6.04 Å². The minimum Gasteiger partial charge on any atom is -0.390 e. The van der Waals surface area contributed by atoms with Crippen LogP contribution in [0.5, 0.6) is 0 Å². The van der Waals surface area contributed by atoms with E-state index < -0.39 is 0 Å². The molecule has 0 heterocycles. The Bertz CT molecular complexity index is 167. The highest BCUT2D eigenvalue weighted by Gasteiger charge is 2.36. The summed E-state index contributed by atoms with van der Waals surface area (Å²) >= 11 is 0. The highest BCUT2D eigenvalue weighted by molar-refractivity contribution is 4.92. The van der Waals surface area contributed by atoms with E-state index in [0.717, 1.165) is 31.6 Å². The number of nitrogens with two attached hydrogens (primary N) is 1. The van der Waals surface area contributed by atoms with E-state index in [-0.39, 0.29) is 11.6 Å². The van der Waals surface area contributed by atoms with Crippen LogP contribution < -0.4 is 5.73 Å². The summed E-state index contributed by atoms with van der Waals surface area (Å²) in [5.74, 6) is 0.936. The second-order valence-electron chi connectivity index (χ2n) is 4.71. The Morgan fingerprint density at radius 2 is 2.08 bits per heavy atom. The Morgan fingerprint density at radius 3 is 2.58 bits per heavy atom. The van der Waals surface area contributed by atoms with E-state index in [9.17, 15) is 5.11 Å². The van der Waals surface area contributed by atoms with Crippen LogP contribution >= 0.6 is 0 Å². The lowest BCUT2D eigenvalue weighted by Gasteiger charge is -2.21. The van der Waals surface area contributed by atoms with Gasteiger partial charge in [-0.25, -0.2) is 0 Å². The molecule has 0 aliphatic heterocycles. The molecule has 0 aromatic rings. The molecule has 0 aromatic heterocycles. The molecule has 2 saturated carbocycles. The molecule has 0 spiro atoms. The van der Waals surface area contributed by atoms with E-state index in [1.54, 1.807) is 0 Å². The zero-order chi connectivity index (χ0) is 8.60. The normalized spacial score (nSPS) is 42.0. The summed E-state index contributed by atoms with van der Waals surface area (Å²) in [6.07, 6.45) is 7.78. The predicted molar refractivity (Wildman–Crippen MR) is 48.7 cm³/mol. The van der Waals surface area contributed by atoms with Gasteiger partial charge in [0.2, 0.25) is 0 Å². The molecule has 0 saturated heterocycles. The van der Waals surface area contributed by atoms with E-state index in [1.165, 1.54) is 19.3 Å². The zero-order valence-electron chi connectivity index (χ0n) is 7.63. The van der Waals surface area contributed by atoms with Crippen molar-refractivity contribution in [3.8, 4) is 0 Å². The first-order chi connectivity index (χ1) is 5.68. The van der Waals surface area contributed by atoms with Crippen LogP contribution in [0.25, 0.3) is 0 Å². The van der Waals surface area contributed by atoms with Crippen molar-refractivity contribution in [2.75, 3.05) is 0 Å². The average Bonchev–Trinajstić information content (AvgIpc) is 2.77. The SMILES string of the molecule is NC1CCC(O)(CCC2CC2)C1. The molecule has 12 heavy (non-hydrogen) atoms. The number of hydrogen-bond acceptors (Lipinski definition) is 2. The Kier molecular flexibility index (Phi) is 2.13. The van der Waals surface area contributed by atoms with Gasteiger partial charge in [0.15, 0.2) is 0 Å². The van der Waals surface area contributed by atoms with Crippen molar-refractivity contribution in [3.63, 3.8) is 0 Å². The molecule has 2 rings (SSSR count). The molecule has 2 atom stereocenters. The Morgan fingerprint density at radius 1 is 1.33 bits per heavy atom. The van der Waals surface area contributed by atoms with Gasteiger partial charge in [-0.05, 0) is 38.0 Å². The second kappa shape index (κ2) is 3.00. The number of aliphatic hydroxyl groups is 1. The van der Waals surface area contributed by atoms with E-state index in [2.05, 4.69) is 0 Å². The molecule has 0 radical (unpaired) electrons. The fourth-order valence-corrected chi connectivity index (χ4v) is 2.25. The van der Waals surface area contributed by atoms with Crippen LogP contribution in [0, 0.1) is 5.92 Å². The molecule has 2 aliphatic rings. The fourth-order valence-electron chi connectivity index (χ4n) is 2.25. The van der Waals surface area contributed by atoms with Crippen molar-refractivity contribution in [2.24, 2.45) is 11.7 Å². The molecule has 0 aromatic carbocycles. The summed E-state index contributed by atoms with van der Waals surface area (Å²) in [4.78, 5) is 0. The third kappa shape index (κ3) is 1.99. The van der Waals surface area contributed by atoms with Gasteiger partial charge in [0.05, 0.1) is 5.60 Å². The van der Waals surface area contributed by atoms with Gasteiger partial charge in [-0.3, -0.25) is 0 Å². The lowest BCUT2D eigenvalue weighted by molar-refractivity contribution is 0.0341. The third-order valence-electron chi connectivity index (χ3n) is 3.34. The average molecular weight is 169 g/mol. The number of hydrogen-bond donors (Lipinski definition) is 2. The minimum absolute atomic E-state index is 0.259. The van der Waals surface area contributed by atoms with Crippen LogP contribution in [0.4, 0.5) is 0 Å². The monoisotopic (exact) mass is 169 g/mol. The quantitative estimate of drug-likeness (QED) is 0.671. The van der Waals surface area contributed by atoms with Gasteiger partial charge in [-0.2, -0.15) is 0 Å². The summed E-state index contributed by atoms with van der Waals surface area (Å²) in [5.41, 5.74) is 5.39. The van der Waals surface area contributed by atoms with Crippen molar-refractivity contribution in [1.82, 2.24) is 0 Å². The van der Waals surface area contributed by atoms with E-state index >= 15 is 0 Å². The van der Waals surface area contributed by atoms with E-state index in [1.807, 2.05) is 0 Å². The Hall–Kier alpha value is -0.0800. The molecule has 2 nitrogen and oxygen atoms in total. The van der Waals surface area contributed by atoms with Crippen molar-refractivity contribution >= 4 is 0 Å². The summed E-state index contributed by atoms with van der Waals surface area (Å²) < 4.78 is 0. The second-order valence-corrected chi connectivity index (χ2v) is 4.71. The maximum Gasteiger partial charge on any atom is 0.0663 e. The molecular formula is C10H19NO. The van der Waals surface area contributed by atoms with Crippen LogP contribution in [-0.2, 0) is 0 Å². The van der Waals surface area contributed by atoms with Crippen LogP contribution in [0.3, 0.4) is 0 Å². The molecular weight excluding hydrogens is 150 g/mol. The first-order valence-electron chi connectivity index (χ1n) is 5.16. The molecule has 0 amide bonds. The summed E-state index contributed by atoms with van der Waals surface area (Å²) in [6.45, 7) is 0. The Balaban J connectivity index is 1.76. The zero-order valence-corrected chi connectivity index (χ0v) is 7.63. The van der Waals surface area contributed by atoms with Gasteiger partial charge in [-0.15, -0.1) is 0 Å². The largest absolute Gasteiger partial charge is 0.390 e. The predicted octanol–water partition coefficient (Wildman–Crippen LogP) is 1.42. The molecule has 2 heteroatoms. The first kappa shape index (κ1) is 8.52. The third-order valence-corrected chi connectivity index (χ3v) is 3.34. The maximum absolute atomic E-state index is 10.1. The molecule has 3 N–H and O–H groups in total. The van der Waals surface area contributed by atoms with Gasteiger partial charge >= 0.3 is 0 Å². The molecule has 2 fully saturated rings. The standard InChI is InChI=1S/C10H19NO/c11-9-4-6-10(12,7-9)5-3-8-1-2-8/h8-9,12H,1-7,11H2. The van der Waals surface area contributed by atoms with Gasteiger partial charge in [0.25, 0.3) is 0 Å². The topological polar surface area (TPSA) is 46.2 Å². The lowest BCUT2D eigenvalue weighted by atomic mass is 9.94. The van der Waals surface area contributed by atoms with E-state index in [0.29, 0.717) is 0 Å². The molecule has 70 valence electrons. The van der Waals surface area contributed by atoms with Crippen molar-refractivity contribution < 1.29 is 5.11 Å². The fraction of sp³-hybridized carbons (Fsp3) is 1.00. The maximum atomic E-state index is 10.1. The number of rotatable bonds is 3. The summed E-state index contributed by atoms with van der Waals surface area (Å²) in [6, 6.07) is 0.259. The smallest absolute Gasteiger partial charge is 0.0663 e. The summed E-state index contributed by atoms with van der Waals surface area (Å²) in [7, 11) is 0. The molecule has 2 aliphatic carbocycles. The van der Waals surface area contributed by atoms with Crippen LogP contribution in [0.15, 0.2) is 0 Å². The highest BCUT2D eigenvalue weighted by atomic mass is 16.3. The molecule has 0 bridgehead atoms. The van der Waals surface area contributed by atoms with Crippen molar-refractivity contribution in [2.45, 2.75) is 56.6 Å². The van der Waals surface area contributed by atoms with E-state index in [4.69, 9.17) is 5.73 Å². The van der Waals surface area contributed by atoms with Crippen molar-refractivity contribution in [1.29, 1.82) is 0 Å². The highest BCUT2D eigenvalue weighted by Crippen LogP contribution is 2.39. The molecule has 2 unspecified atom stereocenters. The van der Waals surface area contributed by atoms with Gasteiger partial charge in [-0.1, -0.05) is 12.8 Å². The van der Waals surface area contributed by atoms with Gasteiger partial charge < -0.3 is 10.8 Å². The first-order valence-corrected chi connectivity index (χ1v) is 5.16. The lowest BCUT2D eigenvalue weighted by Crippen LogP contribution is -2.27. The van der Waals surface area contributed by atoms with Crippen LogP contribution in [-0.4, -0.2) is 16.7 Å². The van der Waals surface area contributed by atoms with Crippen LogP contribution in [0.1, 0.15) is 44.9 Å². The van der Waals surface area contributed by atoms with Crippen molar-refractivity contribution in [3.05, 3.63) is 0 Å². The Labute approximate surface area is 74.1 Å².